The molecular formula is C49H81O14P. The number of aliphatic hydroxyl groups excluding tert-OH is 6. The number of unbranched alkanes of at least 4 members (excludes halogenated alkanes) is 11. The fourth-order valence-corrected chi connectivity index (χ4v) is 7.42. The number of esters is 2. The number of carbonyl (C=O) groups is 2. The zero-order valence-electron chi connectivity index (χ0n) is 38.2. The summed E-state index contributed by atoms with van der Waals surface area (Å²) in [6.07, 6.45) is 35.2. The Balaban J connectivity index is 2.54. The van der Waals surface area contributed by atoms with Crippen LogP contribution in [0.2, 0.25) is 0 Å². The van der Waals surface area contributed by atoms with Crippen LogP contribution in [0.1, 0.15) is 148 Å². The molecule has 0 spiro atoms. The van der Waals surface area contributed by atoms with Crippen molar-refractivity contribution in [2.45, 2.75) is 191 Å². The van der Waals surface area contributed by atoms with Crippen molar-refractivity contribution in [3.8, 4) is 0 Å². The second-order valence-corrected chi connectivity index (χ2v) is 17.4. The summed E-state index contributed by atoms with van der Waals surface area (Å²) in [6.45, 7) is 1.20. The van der Waals surface area contributed by atoms with Crippen molar-refractivity contribution in [2.75, 3.05) is 19.8 Å². The van der Waals surface area contributed by atoms with Gasteiger partial charge in [-0.3, -0.25) is 18.6 Å². The van der Waals surface area contributed by atoms with Crippen LogP contribution in [0, 0.1) is 0 Å². The summed E-state index contributed by atoms with van der Waals surface area (Å²) in [5, 5.41) is 59.0. The number of rotatable bonds is 38. The maximum absolute atomic E-state index is 12.8. The smallest absolute Gasteiger partial charge is 0.462 e. The molecule has 8 atom stereocenters. The van der Waals surface area contributed by atoms with Crippen LogP contribution in [-0.2, 0) is 32.7 Å². The van der Waals surface area contributed by atoms with Crippen LogP contribution in [0.25, 0.3) is 0 Å². The Morgan fingerprint density at radius 3 is 1.38 bits per heavy atom. The number of carbonyl (C=O) groups excluding carboxylic acids is 2. The lowest BCUT2D eigenvalue weighted by Gasteiger charge is -2.41. The third-order valence-electron chi connectivity index (χ3n) is 10.3. The predicted octanol–water partition coefficient (Wildman–Crippen LogP) is 8.25. The van der Waals surface area contributed by atoms with E-state index in [-0.39, 0.29) is 19.4 Å². The van der Waals surface area contributed by atoms with Gasteiger partial charge < -0.3 is 45.0 Å². The Kier molecular flexibility index (Phi) is 36.1. The van der Waals surface area contributed by atoms with Gasteiger partial charge in [0.05, 0.1) is 6.61 Å². The van der Waals surface area contributed by atoms with Crippen molar-refractivity contribution >= 4 is 19.8 Å². The van der Waals surface area contributed by atoms with Crippen molar-refractivity contribution in [3.63, 3.8) is 0 Å². The van der Waals surface area contributed by atoms with Crippen molar-refractivity contribution in [1.29, 1.82) is 0 Å². The third kappa shape index (κ3) is 31.0. The first kappa shape index (κ1) is 59.0. The van der Waals surface area contributed by atoms with Gasteiger partial charge in [0.15, 0.2) is 6.10 Å². The number of phosphoric acid groups is 1. The van der Waals surface area contributed by atoms with E-state index in [9.17, 15) is 44.6 Å². The monoisotopic (exact) mass is 925 g/mol. The summed E-state index contributed by atoms with van der Waals surface area (Å²) in [5.41, 5.74) is 0. The number of phosphoric ester groups is 1. The fourth-order valence-electron chi connectivity index (χ4n) is 6.45. The van der Waals surface area contributed by atoms with Gasteiger partial charge in [-0.2, -0.15) is 0 Å². The summed E-state index contributed by atoms with van der Waals surface area (Å²) in [6, 6.07) is 0. The Morgan fingerprint density at radius 2 is 0.906 bits per heavy atom. The van der Waals surface area contributed by atoms with E-state index < -0.39 is 75.7 Å². The molecule has 0 saturated heterocycles. The number of aliphatic hydroxyl groups is 6. The van der Waals surface area contributed by atoms with Gasteiger partial charge in [-0.1, -0.05) is 131 Å². The second-order valence-electron chi connectivity index (χ2n) is 16.0. The molecule has 15 heteroatoms. The lowest BCUT2D eigenvalue weighted by molar-refractivity contribution is -0.220. The van der Waals surface area contributed by atoms with Crippen molar-refractivity contribution < 1.29 is 68.2 Å². The van der Waals surface area contributed by atoms with E-state index in [1.54, 1.807) is 0 Å². The lowest BCUT2D eigenvalue weighted by atomic mass is 9.85. The number of allylic oxidation sites excluding steroid dienone is 14. The first-order valence-corrected chi connectivity index (χ1v) is 25.0. The molecule has 366 valence electrons. The number of hydrogen-bond donors (Lipinski definition) is 7. The van der Waals surface area contributed by atoms with Gasteiger partial charge in [0.2, 0.25) is 0 Å². The van der Waals surface area contributed by atoms with Gasteiger partial charge in [-0.25, -0.2) is 4.57 Å². The highest BCUT2D eigenvalue weighted by Gasteiger charge is 2.51. The minimum absolute atomic E-state index is 0.00411. The molecule has 3 unspecified atom stereocenters. The standard InChI is InChI=1S/C49H81O14P/c1-2-3-4-5-6-7-8-9-10-12-15-18-21-24-27-30-33-36-42(51)60-39-41(40-61-64(58,59)63-49-47(56)45(54)44(53)46(55)48(49)57)62-43(52)37-34-31-28-25-22-19-16-13-11-14-17-20-23-26-29-32-35-38-50/h9-11,14-16,18-20,23-25,27-28,41,44-50,53-57H,2-8,12-13,17,21-22,26,29-40H2,1H3,(H,58,59)/b10-9-,14-11-,18-15-,19-16-,23-20-,27-24-,28-25-/t41-,44?,45-,46+,47-,48-,49?/m1/s1. The van der Waals surface area contributed by atoms with Gasteiger partial charge in [0.25, 0.3) is 0 Å². The molecular weight excluding hydrogens is 843 g/mol. The lowest BCUT2D eigenvalue weighted by Crippen LogP contribution is -2.64. The first-order chi connectivity index (χ1) is 30.9. The van der Waals surface area contributed by atoms with Gasteiger partial charge in [-0.05, 0) is 89.9 Å². The highest BCUT2D eigenvalue weighted by atomic mass is 31.2. The van der Waals surface area contributed by atoms with E-state index in [0.29, 0.717) is 25.7 Å². The van der Waals surface area contributed by atoms with E-state index in [4.69, 9.17) is 23.6 Å². The molecule has 14 nitrogen and oxygen atoms in total. The number of ether oxygens (including phenoxy) is 2. The zero-order chi connectivity index (χ0) is 47.1. The van der Waals surface area contributed by atoms with Gasteiger partial charge in [0, 0.05) is 19.4 Å². The summed E-state index contributed by atoms with van der Waals surface area (Å²) in [5.74, 6) is -1.25. The largest absolute Gasteiger partial charge is 0.472 e. The average Bonchev–Trinajstić information content (AvgIpc) is 3.28. The van der Waals surface area contributed by atoms with Crippen LogP contribution in [-0.4, -0.2) is 110 Å². The summed E-state index contributed by atoms with van der Waals surface area (Å²) >= 11 is 0. The summed E-state index contributed by atoms with van der Waals surface area (Å²) in [4.78, 5) is 35.7. The first-order valence-electron chi connectivity index (χ1n) is 23.5. The Bertz CT molecular complexity index is 1440. The Morgan fingerprint density at radius 1 is 0.516 bits per heavy atom. The topological polar surface area (TPSA) is 230 Å². The Hall–Kier alpha value is -3.01. The molecule has 0 heterocycles. The molecule has 0 aromatic rings. The second kappa shape index (κ2) is 39.2. The van der Waals surface area contributed by atoms with Crippen molar-refractivity contribution in [3.05, 3.63) is 85.1 Å². The molecule has 1 fully saturated rings. The van der Waals surface area contributed by atoms with Crippen LogP contribution in [0.15, 0.2) is 85.1 Å². The molecule has 0 amide bonds. The minimum atomic E-state index is -5.16. The van der Waals surface area contributed by atoms with Gasteiger partial charge >= 0.3 is 19.8 Å². The van der Waals surface area contributed by atoms with Crippen LogP contribution < -0.4 is 0 Å². The zero-order valence-corrected chi connectivity index (χ0v) is 39.1. The maximum atomic E-state index is 12.8. The molecule has 1 saturated carbocycles. The van der Waals surface area contributed by atoms with E-state index in [1.165, 1.54) is 38.5 Å². The normalized spacial score (nSPS) is 22.3. The number of hydrogen-bond acceptors (Lipinski definition) is 13. The van der Waals surface area contributed by atoms with Crippen LogP contribution in [0.4, 0.5) is 0 Å². The molecule has 0 radical (unpaired) electrons. The molecule has 1 aliphatic rings. The fraction of sp³-hybridized carbons (Fsp3) is 0.673. The van der Waals surface area contributed by atoms with Crippen molar-refractivity contribution in [2.24, 2.45) is 0 Å². The van der Waals surface area contributed by atoms with E-state index in [1.807, 2.05) is 24.3 Å². The molecule has 0 aliphatic heterocycles. The van der Waals surface area contributed by atoms with Crippen LogP contribution in [0.3, 0.4) is 0 Å². The van der Waals surface area contributed by atoms with E-state index >= 15 is 0 Å². The van der Waals surface area contributed by atoms with Gasteiger partial charge in [0.1, 0.15) is 43.2 Å². The quantitative estimate of drug-likeness (QED) is 0.0134. The van der Waals surface area contributed by atoms with Crippen LogP contribution >= 0.6 is 7.82 Å². The predicted molar refractivity (Wildman–Crippen MR) is 250 cm³/mol. The minimum Gasteiger partial charge on any atom is -0.462 e. The van der Waals surface area contributed by atoms with E-state index in [0.717, 1.165) is 64.2 Å². The molecule has 1 rings (SSSR count). The Labute approximate surface area is 382 Å². The molecule has 1 aliphatic carbocycles. The molecule has 0 aromatic carbocycles. The summed E-state index contributed by atoms with van der Waals surface area (Å²) in [7, 11) is -5.16. The van der Waals surface area contributed by atoms with Gasteiger partial charge in [-0.15, -0.1) is 0 Å². The molecule has 7 N–H and O–H groups in total. The van der Waals surface area contributed by atoms with Crippen LogP contribution in [0.5, 0.6) is 0 Å². The van der Waals surface area contributed by atoms with Crippen molar-refractivity contribution in [1.82, 2.24) is 0 Å². The molecule has 0 bridgehead atoms. The molecule has 64 heavy (non-hydrogen) atoms. The maximum Gasteiger partial charge on any atom is 0.472 e. The SMILES string of the molecule is CCCCCCCC/C=C\C/C=C\C/C=C\CCCC(=O)OC[C@H](COP(=O)(O)OC1[C@H](O)[C@H](O)C(O)[C@H](O)[C@H]1O)OC(=O)CCC/C=C\C/C=C\C/C=C\C/C=C\CCCCCO. The van der Waals surface area contributed by atoms with E-state index in [2.05, 4.69) is 67.7 Å². The molecule has 0 aromatic heterocycles. The average molecular weight is 925 g/mol. The third-order valence-corrected chi connectivity index (χ3v) is 11.2. The summed E-state index contributed by atoms with van der Waals surface area (Å²) < 4.78 is 33.4. The highest BCUT2D eigenvalue weighted by molar-refractivity contribution is 7.47. The highest BCUT2D eigenvalue weighted by Crippen LogP contribution is 2.47.